The van der Waals surface area contributed by atoms with Crippen molar-refractivity contribution >= 4 is 5.91 Å². The zero-order chi connectivity index (χ0) is 15.0. The predicted molar refractivity (Wildman–Crippen MR) is 79.4 cm³/mol. The molecular formula is C15H24N2O3. The van der Waals surface area contributed by atoms with Gasteiger partial charge in [0.1, 0.15) is 0 Å². The minimum atomic E-state index is 0.0131. The number of benzene rings is 1. The number of ether oxygens (including phenoxy) is 2. The van der Waals surface area contributed by atoms with Gasteiger partial charge in [0.05, 0.1) is 20.8 Å². The van der Waals surface area contributed by atoms with Crippen molar-refractivity contribution in [2.75, 3.05) is 27.3 Å². The van der Waals surface area contributed by atoms with Crippen LogP contribution in [0.25, 0.3) is 0 Å². The summed E-state index contributed by atoms with van der Waals surface area (Å²) < 4.78 is 10.4. The lowest BCUT2D eigenvalue weighted by Gasteiger charge is -2.11. The first kappa shape index (κ1) is 16.3. The zero-order valence-electron chi connectivity index (χ0n) is 12.7. The van der Waals surface area contributed by atoms with Gasteiger partial charge in [-0.1, -0.05) is 19.9 Å². The molecule has 0 aromatic heterocycles. The Morgan fingerprint density at radius 1 is 1.20 bits per heavy atom. The third-order valence-electron chi connectivity index (χ3n) is 2.85. The maximum Gasteiger partial charge on any atom is 0.233 e. The second-order valence-corrected chi connectivity index (χ2v) is 4.82. The van der Waals surface area contributed by atoms with Crippen LogP contribution < -0.4 is 20.1 Å². The van der Waals surface area contributed by atoms with Crippen molar-refractivity contribution in [2.45, 2.75) is 26.3 Å². The third-order valence-corrected chi connectivity index (χ3v) is 2.85. The molecule has 0 heterocycles. The summed E-state index contributed by atoms with van der Waals surface area (Å²) in [7, 11) is 3.22. The first-order valence-corrected chi connectivity index (χ1v) is 6.77. The van der Waals surface area contributed by atoms with Gasteiger partial charge in [0.25, 0.3) is 0 Å². The summed E-state index contributed by atoms with van der Waals surface area (Å²) in [4.78, 5) is 11.5. The van der Waals surface area contributed by atoms with Gasteiger partial charge in [-0.15, -0.1) is 0 Å². The molecule has 0 unspecified atom stereocenters. The van der Waals surface area contributed by atoms with E-state index in [2.05, 4.69) is 10.6 Å². The summed E-state index contributed by atoms with van der Waals surface area (Å²) >= 11 is 0. The Hall–Kier alpha value is -1.75. The van der Waals surface area contributed by atoms with Crippen LogP contribution in [-0.4, -0.2) is 39.3 Å². The van der Waals surface area contributed by atoms with Crippen LogP contribution in [-0.2, 0) is 11.2 Å². The molecule has 0 fully saturated rings. The third kappa shape index (κ3) is 5.48. The summed E-state index contributed by atoms with van der Waals surface area (Å²) in [5, 5.41) is 5.96. The van der Waals surface area contributed by atoms with E-state index in [-0.39, 0.29) is 5.91 Å². The molecule has 0 saturated carbocycles. The molecule has 2 N–H and O–H groups in total. The fourth-order valence-electron chi connectivity index (χ4n) is 1.74. The van der Waals surface area contributed by atoms with Gasteiger partial charge < -0.3 is 20.1 Å². The number of methoxy groups -OCH3 is 2. The molecule has 0 aliphatic rings. The van der Waals surface area contributed by atoms with Gasteiger partial charge in [-0.05, 0) is 24.1 Å². The summed E-state index contributed by atoms with van der Waals surface area (Å²) in [6.07, 6.45) is 0.758. The van der Waals surface area contributed by atoms with Crippen LogP contribution in [0.15, 0.2) is 18.2 Å². The van der Waals surface area contributed by atoms with Crippen molar-refractivity contribution in [1.29, 1.82) is 0 Å². The van der Waals surface area contributed by atoms with E-state index in [1.54, 1.807) is 14.2 Å². The van der Waals surface area contributed by atoms with E-state index in [0.29, 0.717) is 30.6 Å². The maximum absolute atomic E-state index is 11.5. The first-order valence-electron chi connectivity index (χ1n) is 6.77. The van der Waals surface area contributed by atoms with Gasteiger partial charge >= 0.3 is 0 Å². The largest absolute Gasteiger partial charge is 0.493 e. The molecule has 112 valence electrons. The summed E-state index contributed by atoms with van der Waals surface area (Å²) in [5.74, 6) is 1.43. The lowest BCUT2D eigenvalue weighted by atomic mass is 10.1. The van der Waals surface area contributed by atoms with Crippen molar-refractivity contribution in [1.82, 2.24) is 10.6 Å². The molecule has 1 amide bonds. The number of amides is 1. The Bertz CT molecular complexity index is 433. The minimum Gasteiger partial charge on any atom is -0.493 e. The van der Waals surface area contributed by atoms with Crippen LogP contribution in [0, 0.1) is 0 Å². The fourth-order valence-corrected chi connectivity index (χ4v) is 1.74. The Balaban J connectivity index is 2.40. The fraction of sp³-hybridized carbons (Fsp3) is 0.533. The van der Waals surface area contributed by atoms with Crippen LogP contribution in [0.3, 0.4) is 0 Å². The van der Waals surface area contributed by atoms with E-state index in [1.165, 1.54) is 0 Å². The smallest absolute Gasteiger partial charge is 0.233 e. The topological polar surface area (TPSA) is 59.6 Å². The highest BCUT2D eigenvalue weighted by atomic mass is 16.5. The summed E-state index contributed by atoms with van der Waals surface area (Å²) in [5.41, 5.74) is 1.10. The monoisotopic (exact) mass is 280 g/mol. The Morgan fingerprint density at radius 3 is 2.50 bits per heavy atom. The molecule has 0 spiro atoms. The number of hydrogen-bond acceptors (Lipinski definition) is 4. The SMILES string of the molecule is COc1ccc(CCNC(=O)CNC(C)C)cc1OC. The van der Waals surface area contributed by atoms with E-state index in [1.807, 2.05) is 32.0 Å². The van der Waals surface area contributed by atoms with Gasteiger partial charge in [-0.3, -0.25) is 4.79 Å². The van der Waals surface area contributed by atoms with E-state index < -0.39 is 0 Å². The van der Waals surface area contributed by atoms with E-state index >= 15 is 0 Å². The van der Waals surface area contributed by atoms with Gasteiger partial charge in [-0.25, -0.2) is 0 Å². The van der Waals surface area contributed by atoms with Gasteiger partial charge in [-0.2, -0.15) is 0 Å². The van der Waals surface area contributed by atoms with Crippen LogP contribution in [0.2, 0.25) is 0 Å². The predicted octanol–water partition coefficient (Wildman–Crippen LogP) is 1.36. The Kier molecular flexibility index (Phi) is 6.87. The lowest BCUT2D eigenvalue weighted by molar-refractivity contribution is -0.120. The molecule has 20 heavy (non-hydrogen) atoms. The standard InChI is InChI=1S/C15H24N2O3/c1-11(2)17-10-15(18)16-8-7-12-5-6-13(19-3)14(9-12)20-4/h5-6,9,11,17H,7-8,10H2,1-4H3,(H,16,18). The number of nitrogens with one attached hydrogen (secondary N) is 2. The van der Waals surface area contributed by atoms with Crippen molar-refractivity contribution in [3.8, 4) is 11.5 Å². The molecule has 1 rings (SSSR count). The van der Waals surface area contributed by atoms with Gasteiger partial charge in [0.15, 0.2) is 11.5 Å². The van der Waals surface area contributed by atoms with Crippen LogP contribution in [0.1, 0.15) is 19.4 Å². The van der Waals surface area contributed by atoms with Crippen molar-refractivity contribution in [3.05, 3.63) is 23.8 Å². The molecule has 0 saturated heterocycles. The molecule has 0 bridgehead atoms. The minimum absolute atomic E-state index is 0.0131. The highest BCUT2D eigenvalue weighted by molar-refractivity contribution is 5.78. The Labute approximate surface area is 120 Å². The quantitative estimate of drug-likeness (QED) is 0.755. The van der Waals surface area contributed by atoms with E-state index in [0.717, 1.165) is 12.0 Å². The van der Waals surface area contributed by atoms with Crippen molar-refractivity contribution in [3.63, 3.8) is 0 Å². The maximum atomic E-state index is 11.5. The summed E-state index contributed by atoms with van der Waals surface area (Å²) in [6.45, 7) is 4.98. The van der Waals surface area contributed by atoms with Crippen LogP contribution >= 0.6 is 0 Å². The molecule has 0 aliphatic heterocycles. The van der Waals surface area contributed by atoms with Crippen LogP contribution in [0.4, 0.5) is 0 Å². The normalized spacial score (nSPS) is 10.4. The molecule has 1 aromatic rings. The first-order chi connectivity index (χ1) is 9.56. The zero-order valence-corrected chi connectivity index (χ0v) is 12.7. The van der Waals surface area contributed by atoms with Crippen LogP contribution in [0.5, 0.6) is 11.5 Å². The van der Waals surface area contributed by atoms with Gasteiger partial charge in [0, 0.05) is 12.6 Å². The average molecular weight is 280 g/mol. The summed E-state index contributed by atoms with van der Waals surface area (Å²) in [6, 6.07) is 6.08. The molecule has 0 aliphatic carbocycles. The van der Waals surface area contributed by atoms with E-state index in [4.69, 9.17) is 9.47 Å². The molecule has 0 atom stereocenters. The Morgan fingerprint density at radius 2 is 1.90 bits per heavy atom. The molecule has 1 aromatic carbocycles. The molecule has 5 heteroatoms. The average Bonchev–Trinajstić information content (AvgIpc) is 2.44. The highest BCUT2D eigenvalue weighted by Gasteiger charge is 2.05. The second-order valence-electron chi connectivity index (χ2n) is 4.82. The number of hydrogen-bond donors (Lipinski definition) is 2. The van der Waals surface area contributed by atoms with Crippen molar-refractivity contribution < 1.29 is 14.3 Å². The molecule has 5 nitrogen and oxygen atoms in total. The molecular weight excluding hydrogens is 256 g/mol. The number of carbonyl (C=O) groups excluding carboxylic acids is 1. The molecule has 0 radical (unpaired) electrons. The number of carbonyl (C=O) groups is 1. The van der Waals surface area contributed by atoms with E-state index in [9.17, 15) is 4.79 Å². The van der Waals surface area contributed by atoms with Crippen molar-refractivity contribution in [2.24, 2.45) is 0 Å². The second kappa shape index (κ2) is 8.43. The number of rotatable bonds is 8. The van der Waals surface area contributed by atoms with Gasteiger partial charge in [0.2, 0.25) is 5.91 Å². The lowest BCUT2D eigenvalue weighted by Crippen LogP contribution is -2.37. The highest BCUT2D eigenvalue weighted by Crippen LogP contribution is 2.27.